The van der Waals surface area contributed by atoms with Crippen molar-refractivity contribution in [2.24, 2.45) is 0 Å². The van der Waals surface area contributed by atoms with Gasteiger partial charge in [-0.25, -0.2) is 0 Å². The number of hydrogen-bond donors (Lipinski definition) is 0. The summed E-state index contributed by atoms with van der Waals surface area (Å²) in [6, 6.07) is 0. The van der Waals surface area contributed by atoms with E-state index in [1.165, 1.54) is 4.90 Å². The summed E-state index contributed by atoms with van der Waals surface area (Å²) in [6.45, 7) is 6.63. The second kappa shape index (κ2) is 8.85. The number of imide groups is 1. The molecule has 1 radical (unpaired) electrons. The third-order valence-electron chi connectivity index (χ3n) is 2.86. The van der Waals surface area contributed by atoms with Crippen LogP contribution in [0.3, 0.4) is 0 Å². The second-order valence-electron chi connectivity index (χ2n) is 5.76. The zero-order valence-electron chi connectivity index (χ0n) is 12.3. The number of carbonyl (C=O) groups excluding carboxylic acids is 3. The van der Waals surface area contributed by atoms with Crippen molar-refractivity contribution in [3.05, 3.63) is 0 Å². The van der Waals surface area contributed by atoms with E-state index in [2.05, 4.69) is 0 Å². The van der Waals surface area contributed by atoms with E-state index in [-0.39, 0.29) is 38.9 Å². The minimum absolute atomic E-state index is 0. The summed E-state index contributed by atoms with van der Waals surface area (Å²) in [5.41, 5.74) is 0. The Morgan fingerprint density at radius 2 is 1.90 bits per heavy atom. The zero-order chi connectivity index (χ0) is 14.5. The molecule has 0 aliphatic carbocycles. The molecule has 1 heterocycles. The van der Waals surface area contributed by atoms with Gasteiger partial charge < -0.3 is 4.79 Å². The van der Waals surface area contributed by atoms with Gasteiger partial charge in [0, 0.05) is 34.8 Å². The topological polar surface area (TPSA) is 54.5 Å². The van der Waals surface area contributed by atoms with Crippen molar-refractivity contribution >= 4 is 29.9 Å². The summed E-state index contributed by atoms with van der Waals surface area (Å²) in [7, 11) is 0. The molecule has 0 saturated carbocycles. The van der Waals surface area contributed by atoms with Gasteiger partial charge in [-0.3, -0.25) is 20.8 Å². The first-order valence-corrected chi connectivity index (χ1v) is 7.60. The number of nitrogens with zero attached hydrogens (tertiary/aromatic N) is 1. The molecule has 1 saturated heterocycles. The average Bonchev–Trinajstić information content (AvgIpc) is 2.53. The van der Waals surface area contributed by atoms with Gasteiger partial charge in [0.25, 0.3) is 0 Å². The van der Waals surface area contributed by atoms with Crippen LogP contribution in [-0.4, -0.2) is 39.5 Å². The molecular weight excluding hydrogens is 317 g/mol. The van der Waals surface area contributed by atoms with E-state index in [9.17, 15) is 14.4 Å². The van der Waals surface area contributed by atoms with E-state index < -0.39 is 0 Å². The molecule has 0 aromatic heterocycles. The monoisotopic (exact) mass is 339 g/mol. The maximum absolute atomic E-state index is 12.1. The van der Waals surface area contributed by atoms with E-state index >= 15 is 0 Å². The van der Waals surface area contributed by atoms with Gasteiger partial charge in [-0.15, -0.1) is 11.8 Å². The number of thioether (sulfide) groups is 1. The first-order valence-electron chi connectivity index (χ1n) is 6.72. The molecule has 1 fully saturated rings. The maximum atomic E-state index is 12.1. The fourth-order valence-electron chi connectivity index (χ4n) is 2.05. The number of rotatable bonds is 7. The van der Waals surface area contributed by atoms with Gasteiger partial charge in [0.15, 0.2) is 0 Å². The van der Waals surface area contributed by atoms with Crippen molar-refractivity contribution in [2.75, 3.05) is 6.54 Å². The number of hydrogen-bond acceptors (Lipinski definition) is 4. The Labute approximate surface area is 135 Å². The average molecular weight is 339 g/mol. The largest absolute Gasteiger partial charge is 0.542 e. The van der Waals surface area contributed by atoms with Crippen molar-refractivity contribution in [3.63, 3.8) is 0 Å². The number of unbranched alkanes of at least 4 members (excludes halogenated alkanes) is 3. The van der Waals surface area contributed by atoms with Crippen molar-refractivity contribution in [3.8, 4) is 0 Å². The third kappa shape index (κ3) is 6.42. The van der Waals surface area contributed by atoms with Gasteiger partial charge in [-0.1, -0.05) is 33.6 Å². The Morgan fingerprint density at radius 3 is 2.45 bits per heavy atom. The molecule has 2 amide bonds. The van der Waals surface area contributed by atoms with Crippen LogP contribution in [0.15, 0.2) is 0 Å². The van der Waals surface area contributed by atoms with E-state index in [4.69, 9.17) is 0 Å². The molecule has 6 heteroatoms. The predicted molar refractivity (Wildman–Crippen MR) is 76.6 cm³/mol. The minimum Gasteiger partial charge on any atom is -0.542 e. The summed E-state index contributed by atoms with van der Waals surface area (Å²) in [4.78, 5) is 35.4. The molecule has 0 unspecified atom stereocenters. The third-order valence-corrected chi connectivity index (χ3v) is 4.22. The molecular formula is C14H22MnNO3S-. The summed E-state index contributed by atoms with van der Waals surface area (Å²) in [5, 5.41) is -0.226. The van der Waals surface area contributed by atoms with E-state index in [1.54, 1.807) is 11.8 Å². The van der Waals surface area contributed by atoms with Gasteiger partial charge in [0.1, 0.15) is 0 Å². The molecule has 1 aliphatic rings. The number of likely N-dealkylation sites (tertiary alicyclic amines) is 1. The van der Waals surface area contributed by atoms with Crippen LogP contribution >= 0.6 is 11.8 Å². The first kappa shape index (κ1) is 19.7. The molecule has 1 atom stereocenters. The fraction of sp³-hybridized carbons (Fsp3) is 0.786. The predicted octanol–water partition coefficient (Wildman–Crippen LogP) is 2.31. The van der Waals surface area contributed by atoms with E-state index in [0.29, 0.717) is 19.4 Å². The van der Waals surface area contributed by atoms with Crippen molar-refractivity contribution < 1.29 is 31.5 Å². The van der Waals surface area contributed by atoms with Crippen LogP contribution in [-0.2, 0) is 31.5 Å². The Morgan fingerprint density at radius 1 is 1.25 bits per heavy atom. The van der Waals surface area contributed by atoms with Crippen LogP contribution < -0.4 is 0 Å². The maximum Gasteiger partial charge on any atom is 0.242 e. The molecule has 0 aromatic carbocycles. The van der Waals surface area contributed by atoms with Gasteiger partial charge in [-0.05, 0) is 6.42 Å². The van der Waals surface area contributed by atoms with Gasteiger partial charge >= 0.3 is 0 Å². The molecule has 0 N–H and O–H groups in total. The Bertz CT molecular complexity index is 355. The van der Waals surface area contributed by atoms with Crippen molar-refractivity contribution in [1.29, 1.82) is 0 Å². The van der Waals surface area contributed by atoms with Crippen molar-refractivity contribution in [1.82, 2.24) is 4.90 Å². The van der Waals surface area contributed by atoms with Crippen molar-refractivity contribution in [2.45, 2.75) is 62.9 Å². The standard InChI is InChI=1S/C14H22NO3S.Mn/c1-14(2,3)19-11-10-12(17)15(13(11)18)8-6-4-5-7-9-16;/h11H,4-8,10H2,1-3H3;/q-1;/t11-;/m1./s1. The molecule has 4 nitrogen and oxygen atoms in total. The Balaban J connectivity index is 0.00000361. The van der Waals surface area contributed by atoms with E-state index in [1.807, 2.05) is 27.1 Å². The van der Waals surface area contributed by atoms with Crippen LogP contribution in [0, 0.1) is 0 Å². The van der Waals surface area contributed by atoms with E-state index in [0.717, 1.165) is 19.3 Å². The molecule has 115 valence electrons. The van der Waals surface area contributed by atoms with Gasteiger partial charge in [0.2, 0.25) is 11.8 Å². The fourth-order valence-corrected chi connectivity index (χ4v) is 3.36. The van der Waals surface area contributed by atoms with Crippen LogP contribution in [0.4, 0.5) is 0 Å². The van der Waals surface area contributed by atoms with Crippen LogP contribution in [0.5, 0.6) is 0 Å². The summed E-state index contributed by atoms with van der Waals surface area (Å²) in [6.07, 6.45) is 5.00. The molecule has 1 rings (SSSR count). The molecule has 0 spiro atoms. The Hall–Kier alpha value is -0.321. The first-order chi connectivity index (χ1) is 8.85. The minimum atomic E-state index is -0.226. The summed E-state index contributed by atoms with van der Waals surface area (Å²) in [5.74, 6) is -0.111. The van der Waals surface area contributed by atoms with Crippen LogP contribution in [0.2, 0.25) is 0 Å². The molecule has 0 bridgehead atoms. The van der Waals surface area contributed by atoms with Crippen LogP contribution in [0.25, 0.3) is 0 Å². The van der Waals surface area contributed by atoms with Crippen LogP contribution in [0.1, 0.15) is 52.9 Å². The molecule has 0 aromatic rings. The second-order valence-corrected chi connectivity index (χ2v) is 7.79. The normalized spacial score (nSPS) is 19.1. The SMILES string of the molecule is CC(C)(C)S[C@@H]1CC(=O)N(CCCCC[C-]=O)C1=O.[Mn]. The molecule has 20 heavy (non-hydrogen) atoms. The molecule has 1 aliphatic heterocycles. The number of amides is 2. The summed E-state index contributed by atoms with van der Waals surface area (Å²) >= 11 is 1.56. The quantitative estimate of drug-likeness (QED) is 0.309. The zero-order valence-corrected chi connectivity index (χ0v) is 14.3. The number of carbonyl (C=O) groups is 2. The van der Waals surface area contributed by atoms with Gasteiger partial charge in [0.05, 0.1) is 5.25 Å². The summed E-state index contributed by atoms with van der Waals surface area (Å²) < 4.78 is -0.0174. The Kier molecular flexibility index (Phi) is 8.71. The van der Waals surface area contributed by atoms with Gasteiger partial charge in [-0.2, -0.15) is 6.42 Å². The smallest absolute Gasteiger partial charge is 0.242 e.